The van der Waals surface area contributed by atoms with Crippen molar-refractivity contribution < 1.29 is 18.0 Å². The normalized spacial score (nSPS) is 26.1. The van der Waals surface area contributed by atoms with Crippen molar-refractivity contribution in [1.82, 2.24) is 38.8 Å². The molecular weight excluding hydrogens is 594 g/mol. The minimum Gasteiger partial charge on any atom is -0.356 e. The van der Waals surface area contributed by atoms with Crippen LogP contribution < -0.4 is 5.32 Å². The highest BCUT2D eigenvalue weighted by Gasteiger charge is 2.66. The van der Waals surface area contributed by atoms with E-state index in [1.807, 2.05) is 0 Å². The number of aromatic amines is 2. The maximum Gasteiger partial charge on any atom is 0.281 e. The summed E-state index contributed by atoms with van der Waals surface area (Å²) in [4.78, 5) is 44.5. The van der Waals surface area contributed by atoms with Crippen LogP contribution in [0.2, 0.25) is 0 Å². The Bertz CT molecular complexity index is 1710. The molecule has 3 saturated heterocycles. The number of hydrogen-bond acceptors (Lipinski definition) is 8. The molecule has 3 aliphatic heterocycles. The quantitative estimate of drug-likeness (QED) is 0.237. The predicted molar refractivity (Wildman–Crippen MR) is 162 cm³/mol. The molecule has 3 N–H and O–H groups in total. The van der Waals surface area contributed by atoms with E-state index in [0.717, 1.165) is 12.8 Å². The van der Waals surface area contributed by atoms with Gasteiger partial charge in [0.25, 0.3) is 16.1 Å². The number of nitrogens with zero attached hydrogens (tertiary/aromatic N) is 6. The second-order valence-corrected chi connectivity index (χ2v) is 14.6. The summed E-state index contributed by atoms with van der Waals surface area (Å²) in [6, 6.07) is 8.16. The van der Waals surface area contributed by atoms with Crippen LogP contribution in [0.3, 0.4) is 0 Å². The summed E-state index contributed by atoms with van der Waals surface area (Å²) in [6.07, 6.45) is 10.2. The van der Waals surface area contributed by atoms with Gasteiger partial charge in [0.05, 0.1) is 35.7 Å². The predicted octanol–water partition coefficient (Wildman–Crippen LogP) is 1.59. The van der Waals surface area contributed by atoms with E-state index in [4.69, 9.17) is 5.26 Å². The van der Waals surface area contributed by atoms with Crippen LogP contribution >= 0.6 is 0 Å². The first-order valence-electron chi connectivity index (χ1n) is 15.3. The van der Waals surface area contributed by atoms with Gasteiger partial charge in [0, 0.05) is 80.9 Å². The lowest BCUT2D eigenvalue weighted by Gasteiger charge is -2.33. The van der Waals surface area contributed by atoms with Crippen LogP contribution in [0, 0.1) is 29.1 Å². The van der Waals surface area contributed by atoms with Gasteiger partial charge in [-0.15, -0.1) is 0 Å². The fraction of sp³-hybridized carbons (Fsp3) is 0.452. The Labute approximate surface area is 261 Å². The van der Waals surface area contributed by atoms with Crippen molar-refractivity contribution in [3.8, 4) is 6.07 Å². The van der Waals surface area contributed by atoms with Crippen molar-refractivity contribution in [1.29, 1.82) is 5.26 Å². The second kappa shape index (κ2) is 11.2. The molecule has 1 amide bonds. The summed E-state index contributed by atoms with van der Waals surface area (Å²) in [5.41, 5.74) is 1.01. The van der Waals surface area contributed by atoms with Crippen molar-refractivity contribution in [2.45, 2.75) is 44.2 Å². The van der Waals surface area contributed by atoms with Gasteiger partial charge in [-0.3, -0.25) is 14.5 Å². The number of fused-ring (bicyclic) bond motifs is 1. The molecule has 0 unspecified atom stereocenters. The van der Waals surface area contributed by atoms with Crippen LogP contribution in [0.4, 0.5) is 0 Å². The zero-order valence-electron chi connectivity index (χ0n) is 24.9. The Morgan fingerprint density at radius 1 is 1.02 bits per heavy atom. The Balaban J connectivity index is 1.19. The number of amides is 1. The van der Waals surface area contributed by atoms with Crippen LogP contribution in [0.1, 0.15) is 47.1 Å². The number of imidazole rings is 2. The van der Waals surface area contributed by atoms with Crippen molar-refractivity contribution in [3.63, 3.8) is 0 Å². The van der Waals surface area contributed by atoms with Gasteiger partial charge < -0.3 is 15.3 Å². The van der Waals surface area contributed by atoms with E-state index in [0.29, 0.717) is 60.4 Å². The molecule has 1 aliphatic carbocycles. The first-order valence-corrected chi connectivity index (χ1v) is 16.7. The number of allylic oxidation sites excluding steroid dienone is 1. The molecule has 45 heavy (non-hydrogen) atoms. The molecule has 4 fully saturated rings. The third-order valence-electron chi connectivity index (χ3n) is 9.71. The molecule has 4 aliphatic rings. The summed E-state index contributed by atoms with van der Waals surface area (Å²) in [7, 11) is -3.58. The summed E-state index contributed by atoms with van der Waals surface area (Å²) in [5.74, 6) is 0.278. The fourth-order valence-electron chi connectivity index (χ4n) is 7.12. The van der Waals surface area contributed by atoms with E-state index in [-0.39, 0.29) is 42.4 Å². The van der Waals surface area contributed by atoms with Crippen LogP contribution in [-0.2, 0) is 27.8 Å². The van der Waals surface area contributed by atoms with Gasteiger partial charge in [-0.1, -0.05) is 6.92 Å². The van der Waals surface area contributed by atoms with E-state index >= 15 is 0 Å². The number of rotatable bonds is 9. The lowest BCUT2D eigenvalue weighted by atomic mass is 9.88. The number of nitriles is 1. The summed E-state index contributed by atoms with van der Waals surface area (Å²) in [5, 5.41) is 12.6. The number of carbonyl (C=O) groups excluding carboxylic acids is 2. The Hall–Kier alpha value is -4.32. The SMILES string of the molecule is CC1CCN(S(=O)(=O)N2C[C@@H]3[C@H](C2)[C@H]3N2C(=O)C(Cc3c[nH]cn3)(Cc3c[nH]cn3)N/C2=C\C(=O)c2ccc(C#N)cc2)CC1. The van der Waals surface area contributed by atoms with Crippen molar-refractivity contribution in [3.05, 3.63) is 83.7 Å². The average molecular weight is 630 g/mol. The van der Waals surface area contributed by atoms with Gasteiger partial charge in [0.1, 0.15) is 11.4 Å². The standard InChI is InChI=1S/C31H35N9O4S/c1-20-6-8-38(9-7-20)45(43,44)39-16-25-26(17-39)29(25)40-28(10-27(41)22-4-2-21(13-32)3-5-22)37-31(30(40)42,11-23-14-33-18-35-23)12-24-15-34-19-36-24/h2-5,10,14-15,18-20,25-26,29,37H,6-9,11-12,16-17H2,1H3,(H,33,35)(H,34,36)/b28-10+/t25-,26+,29+. The molecule has 13 nitrogen and oxygen atoms in total. The molecule has 234 valence electrons. The molecule has 0 radical (unpaired) electrons. The van der Waals surface area contributed by atoms with Gasteiger partial charge in [0.2, 0.25) is 0 Å². The number of carbonyl (C=O) groups is 2. The summed E-state index contributed by atoms with van der Waals surface area (Å²) < 4.78 is 30.1. The van der Waals surface area contributed by atoms with Crippen LogP contribution in [0.15, 0.2) is 61.2 Å². The van der Waals surface area contributed by atoms with Gasteiger partial charge in [-0.25, -0.2) is 9.97 Å². The Morgan fingerprint density at radius 3 is 2.16 bits per heavy atom. The molecular formula is C31H35N9O4S. The zero-order valence-corrected chi connectivity index (χ0v) is 25.7. The smallest absolute Gasteiger partial charge is 0.281 e. The molecule has 3 aromatic rings. The van der Waals surface area contributed by atoms with Gasteiger partial charge in [0.15, 0.2) is 5.78 Å². The lowest BCUT2D eigenvalue weighted by Crippen LogP contribution is -2.51. The van der Waals surface area contributed by atoms with E-state index in [1.54, 1.807) is 62.8 Å². The molecule has 0 bridgehead atoms. The van der Waals surface area contributed by atoms with E-state index in [1.165, 1.54) is 6.08 Å². The van der Waals surface area contributed by atoms with E-state index in [2.05, 4.69) is 38.2 Å². The number of piperidine rings is 2. The van der Waals surface area contributed by atoms with Crippen molar-refractivity contribution in [2.24, 2.45) is 17.8 Å². The first kappa shape index (κ1) is 29.4. The monoisotopic (exact) mass is 629 g/mol. The highest BCUT2D eigenvalue weighted by Crippen LogP contribution is 2.53. The van der Waals surface area contributed by atoms with Crippen LogP contribution in [0.5, 0.6) is 0 Å². The largest absolute Gasteiger partial charge is 0.356 e. The van der Waals surface area contributed by atoms with Crippen molar-refractivity contribution in [2.75, 3.05) is 26.2 Å². The topological polar surface area (TPSA) is 171 Å². The molecule has 2 aromatic heterocycles. The summed E-state index contributed by atoms with van der Waals surface area (Å²) >= 11 is 0. The molecule has 14 heteroatoms. The molecule has 3 atom stereocenters. The lowest BCUT2D eigenvalue weighted by molar-refractivity contribution is -0.132. The van der Waals surface area contributed by atoms with Crippen LogP contribution in [0.25, 0.3) is 0 Å². The summed E-state index contributed by atoms with van der Waals surface area (Å²) in [6.45, 7) is 3.86. The number of ketones is 1. The van der Waals surface area contributed by atoms with Gasteiger partial charge >= 0.3 is 0 Å². The number of nitrogens with one attached hydrogen (secondary N) is 3. The molecule has 5 heterocycles. The van der Waals surface area contributed by atoms with Crippen molar-refractivity contribution >= 4 is 21.9 Å². The third kappa shape index (κ3) is 5.34. The number of benzene rings is 1. The minimum atomic E-state index is -3.58. The third-order valence-corrected chi connectivity index (χ3v) is 11.7. The second-order valence-electron chi connectivity index (χ2n) is 12.7. The molecule has 1 aromatic carbocycles. The number of aromatic nitrogens is 4. The first-order chi connectivity index (χ1) is 21.7. The highest BCUT2D eigenvalue weighted by atomic mass is 32.2. The highest BCUT2D eigenvalue weighted by molar-refractivity contribution is 7.86. The average Bonchev–Trinajstić information content (AvgIpc) is 3.64. The minimum absolute atomic E-state index is 0.0470. The number of H-pyrrole nitrogens is 2. The molecule has 1 saturated carbocycles. The maximum absolute atomic E-state index is 14.6. The fourth-order valence-corrected chi connectivity index (χ4v) is 8.84. The van der Waals surface area contributed by atoms with E-state index < -0.39 is 15.7 Å². The Morgan fingerprint density at radius 2 is 1.62 bits per heavy atom. The Kier molecular flexibility index (Phi) is 7.34. The maximum atomic E-state index is 14.6. The molecule has 7 rings (SSSR count). The van der Waals surface area contributed by atoms with Gasteiger partial charge in [-0.05, 0) is 43.0 Å². The van der Waals surface area contributed by atoms with Crippen LogP contribution in [-0.4, -0.2) is 91.3 Å². The zero-order chi connectivity index (χ0) is 31.3. The van der Waals surface area contributed by atoms with Gasteiger partial charge in [-0.2, -0.15) is 22.3 Å². The van der Waals surface area contributed by atoms with E-state index in [9.17, 15) is 18.0 Å². The number of hydrogen-bond donors (Lipinski definition) is 3. The molecule has 0 spiro atoms.